The fraction of sp³-hybridized carbons (Fsp3) is 0.233. The van der Waals surface area contributed by atoms with E-state index >= 15 is 0 Å². The number of nitrogens with one attached hydrogen (secondary N) is 1. The number of aryl methyl sites for hydroxylation is 1. The van der Waals surface area contributed by atoms with E-state index in [9.17, 15) is 24.5 Å². The highest BCUT2D eigenvalue weighted by atomic mass is 16.6. The lowest BCUT2D eigenvalue weighted by Crippen LogP contribution is -2.47. The Kier molecular flexibility index (Phi) is 8.58. The Hall–Kier alpha value is -4.99. The van der Waals surface area contributed by atoms with E-state index in [1.165, 1.54) is 42.5 Å². The van der Waals surface area contributed by atoms with Crippen molar-refractivity contribution in [2.24, 2.45) is 5.92 Å². The molecule has 3 aromatic carbocycles. The van der Waals surface area contributed by atoms with Crippen LogP contribution in [0.4, 0.5) is 10.5 Å². The number of amides is 1. The first-order chi connectivity index (χ1) is 19.2. The largest absolute Gasteiger partial charge is 0.460 e. The molecule has 10 nitrogen and oxygen atoms in total. The van der Waals surface area contributed by atoms with Crippen LogP contribution in [0.3, 0.4) is 0 Å². The van der Waals surface area contributed by atoms with Crippen LogP contribution in [0.5, 0.6) is 5.75 Å². The molecule has 206 valence electrons. The van der Waals surface area contributed by atoms with Crippen LogP contribution in [0.1, 0.15) is 31.6 Å². The first kappa shape index (κ1) is 28.0. The molecule has 4 aromatic rings. The molecule has 1 N–H and O–H groups in total. The van der Waals surface area contributed by atoms with E-state index in [0.29, 0.717) is 17.7 Å². The molecular weight excluding hydrogens is 516 g/mol. The van der Waals surface area contributed by atoms with Crippen molar-refractivity contribution in [1.82, 2.24) is 5.32 Å². The topological polar surface area (TPSA) is 138 Å². The molecule has 0 bridgehead atoms. The van der Waals surface area contributed by atoms with Gasteiger partial charge in [-0.25, -0.2) is 9.59 Å². The number of nitro benzene ring substituents is 1. The summed E-state index contributed by atoms with van der Waals surface area (Å²) in [6.07, 6.45) is -0.152. The summed E-state index contributed by atoms with van der Waals surface area (Å²) in [6, 6.07) is 18.2. The van der Waals surface area contributed by atoms with Crippen LogP contribution in [-0.4, -0.2) is 23.0 Å². The van der Waals surface area contributed by atoms with Crippen LogP contribution >= 0.6 is 0 Å². The van der Waals surface area contributed by atoms with Gasteiger partial charge in [-0.3, -0.25) is 14.9 Å². The number of rotatable bonds is 9. The lowest BCUT2D eigenvalue weighted by atomic mass is 9.99. The van der Waals surface area contributed by atoms with Crippen molar-refractivity contribution in [2.75, 3.05) is 0 Å². The molecule has 10 heteroatoms. The summed E-state index contributed by atoms with van der Waals surface area (Å²) >= 11 is 0. The number of esters is 1. The summed E-state index contributed by atoms with van der Waals surface area (Å²) in [5.74, 6) is -0.500. The second kappa shape index (κ2) is 12.2. The highest BCUT2D eigenvalue weighted by Gasteiger charge is 2.29. The van der Waals surface area contributed by atoms with Gasteiger partial charge >= 0.3 is 12.1 Å². The van der Waals surface area contributed by atoms with Gasteiger partial charge in [-0.15, -0.1) is 0 Å². The van der Waals surface area contributed by atoms with E-state index in [2.05, 4.69) is 5.32 Å². The van der Waals surface area contributed by atoms with E-state index in [-0.39, 0.29) is 45.9 Å². The molecule has 1 aromatic heterocycles. The van der Waals surface area contributed by atoms with Gasteiger partial charge in [0.15, 0.2) is 0 Å². The van der Waals surface area contributed by atoms with Crippen molar-refractivity contribution >= 4 is 28.7 Å². The Bertz CT molecular complexity index is 1600. The Morgan fingerprint density at radius 2 is 1.75 bits per heavy atom. The summed E-state index contributed by atoms with van der Waals surface area (Å²) in [5.41, 5.74) is 1.36. The summed E-state index contributed by atoms with van der Waals surface area (Å²) in [4.78, 5) is 49.2. The van der Waals surface area contributed by atoms with Crippen molar-refractivity contribution in [2.45, 2.75) is 39.8 Å². The predicted molar refractivity (Wildman–Crippen MR) is 148 cm³/mol. The molecule has 0 aliphatic rings. The number of carbonyl (C=O) groups excluding carboxylic acids is 2. The summed E-state index contributed by atoms with van der Waals surface area (Å²) in [6.45, 7) is 5.36. The van der Waals surface area contributed by atoms with Crippen molar-refractivity contribution < 1.29 is 28.4 Å². The quantitative estimate of drug-likeness (QED) is 0.119. The van der Waals surface area contributed by atoms with Gasteiger partial charge < -0.3 is 19.2 Å². The Morgan fingerprint density at radius 3 is 2.40 bits per heavy atom. The minimum absolute atomic E-state index is 0.0554. The van der Waals surface area contributed by atoms with Crippen LogP contribution in [-0.2, 0) is 16.1 Å². The zero-order valence-electron chi connectivity index (χ0n) is 22.2. The number of non-ortho nitro benzene ring substituents is 1. The first-order valence-corrected chi connectivity index (χ1v) is 12.7. The molecule has 4 rings (SSSR count). The molecule has 0 aliphatic carbocycles. The highest BCUT2D eigenvalue weighted by molar-refractivity contribution is 5.86. The second-order valence-corrected chi connectivity index (χ2v) is 9.31. The number of alkyl carbamates (subject to hydrolysis) is 1. The normalized spacial score (nSPS) is 12.4. The Balaban J connectivity index is 1.52. The SMILES string of the molecule is CC[C@H](C)[C@@H](NC(=O)OCc1ccccc1)C(=O)Oc1ccc2c(=O)c(-c3ccc([N+](=O)[O-])cc3)c(C)oc2c1. The van der Waals surface area contributed by atoms with Gasteiger partial charge in [-0.1, -0.05) is 50.6 Å². The molecule has 1 heterocycles. The van der Waals surface area contributed by atoms with Crippen LogP contribution < -0.4 is 15.5 Å². The van der Waals surface area contributed by atoms with Crippen LogP contribution in [0.15, 0.2) is 82.0 Å². The lowest BCUT2D eigenvalue weighted by Gasteiger charge is -2.22. The monoisotopic (exact) mass is 544 g/mol. The van der Waals surface area contributed by atoms with E-state index in [1.807, 2.05) is 44.2 Å². The Morgan fingerprint density at radius 1 is 1.05 bits per heavy atom. The van der Waals surface area contributed by atoms with Crippen molar-refractivity contribution in [1.29, 1.82) is 0 Å². The number of nitrogens with zero attached hydrogens (tertiary/aromatic N) is 1. The first-order valence-electron chi connectivity index (χ1n) is 12.7. The number of fused-ring (bicyclic) bond motifs is 1. The third-order valence-corrected chi connectivity index (χ3v) is 6.58. The lowest BCUT2D eigenvalue weighted by molar-refractivity contribution is -0.384. The average molecular weight is 545 g/mol. The van der Waals surface area contributed by atoms with Crippen molar-refractivity contribution in [3.8, 4) is 16.9 Å². The van der Waals surface area contributed by atoms with Crippen LogP contribution in [0.2, 0.25) is 0 Å². The van der Waals surface area contributed by atoms with E-state index < -0.39 is 23.0 Å². The molecule has 0 fully saturated rings. The van der Waals surface area contributed by atoms with Gasteiger partial charge in [-0.2, -0.15) is 0 Å². The summed E-state index contributed by atoms with van der Waals surface area (Å²) in [5, 5.41) is 13.8. The van der Waals surface area contributed by atoms with Gasteiger partial charge in [0.1, 0.15) is 29.7 Å². The maximum atomic E-state index is 13.3. The average Bonchev–Trinajstić information content (AvgIpc) is 2.95. The van der Waals surface area contributed by atoms with Gasteiger partial charge in [-0.05, 0) is 48.2 Å². The van der Waals surface area contributed by atoms with E-state index in [1.54, 1.807) is 6.92 Å². The molecule has 0 radical (unpaired) electrons. The van der Waals surface area contributed by atoms with Crippen molar-refractivity contribution in [3.63, 3.8) is 0 Å². The molecule has 0 spiro atoms. The van der Waals surface area contributed by atoms with Crippen LogP contribution in [0.25, 0.3) is 22.1 Å². The van der Waals surface area contributed by atoms with Gasteiger partial charge in [0.25, 0.3) is 5.69 Å². The number of nitro groups is 1. The molecule has 40 heavy (non-hydrogen) atoms. The summed E-state index contributed by atoms with van der Waals surface area (Å²) < 4.78 is 16.7. The molecule has 0 aliphatic heterocycles. The molecule has 1 amide bonds. The van der Waals surface area contributed by atoms with Gasteiger partial charge in [0.05, 0.1) is 15.9 Å². The highest BCUT2D eigenvalue weighted by Crippen LogP contribution is 2.28. The zero-order valence-corrected chi connectivity index (χ0v) is 22.2. The van der Waals surface area contributed by atoms with Gasteiger partial charge in [0.2, 0.25) is 5.43 Å². The van der Waals surface area contributed by atoms with E-state index in [0.717, 1.165) is 5.56 Å². The summed E-state index contributed by atoms with van der Waals surface area (Å²) in [7, 11) is 0. The van der Waals surface area contributed by atoms with E-state index in [4.69, 9.17) is 13.9 Å². The molecule has 0 saturated heterocycles. The third-order valence-electron chi connectivity index (χ3n) is 6.58. The molecule has 0 unspecified atom stereocenters. The number of benzene rings is 3. The van der Waals surface area contributed by atoms with Crippen LogP contribution in [0, 0.1) is 23.0 Å². The predicted octanol–water partition coefficient (Wildman–Crippen LogP) is 5.92. The minimum atomic E-state index is -0.970. The molecule has 0 saturated carbocycles. The smallest absolute Gasteiger partial charge is 0.408 e. The minimum Gasteiger partial charge on any atom is -0.460 e. The zero-order chi connectivity index (χ0) is 28.8. The fourth-order valence-corrected chi connectivity index (χ4v) is 4.17. The number of hydrogen-bond donors (Lipinski definition) is 1. The third kappa shape index (κ3) is 6.35. The number of ether oxygens (including phenoxy) is 2. The molecular formula is C30H28N2O8. The Labute approximate surface area is 229 Å². The standard InChI is InChI=1S/C30H28N2O8/c1-4-18(2)27(31-30(35)38-17-20-8-6-5-7-9-20)29(34)40-23-14-15-24-25(16-23)39-19(3)26(28(24)33)21-10-12-22(13-11-21)32(36)37/h5-16,18,27H,4,17H2,1-3H3,(H,31,35)/t18-,27+/m0/s1. The fourth-order valence-electron chi connectivity index (χ4n) is 4.17. The van der Waals surface area contributed by atoms with Crippen molar-refractivity contribution in [3.05, 3.63) is 104 Å². The maximum Gasteiger partial charge on any atom is 0.408 e. The number of hydrogen-bond acceptors (Lipinski definition) is 8. The number of carbonyl (C=O) groups is 2. The second-order valence-electron chi connectivity index (χ2n) is 9.31. The van der Waals surface area contributed by atoms with Gasteiger partial charge in [0, 0.05) is 18.2 Å². The molecule has 2 atom stereocenters. The maximum absolute atomic E-state index is 13.3.